The van der Waals surface area contributed by atoms with Crippen LogP contribution in [0.5, 0.6) is 0 Å². The van der Waals surface area contributed by atoms with Crippen LogP contribution in [0.25, 0.3) is 0 Å². The van der Waals surface area contributed by atoms with Gasteiger partial charge in [-0.1, -0.05) is 30.0 Å². The molecular weight excluding hydrogens is 266 g/mol. The minimum Gasteiger partial charge on any atom is -0.380 e. The van der Waals surface area contributed by atoms with Gasteiger partial charge in [0, 0.05) is 29.0 Å². The lowest BCUT2D eigenvalue weighted by Crippen LogP contribution is -2.01. The van der Waals surface area contributed by atoms with Gasteiger partial charge in [-0.3, -0.25) is 4.98 Å². The summed E-state index contributed by atoms with van der Waals surface area (Å²) in [5.74, 6) is -2.41. The minimum absolute atomic E-state index is 0.551. The quantitative estimate of drug-likeness (QED) is 0.826. The molecule has 0 saturated carbocycles. The summed E-state index contributed by atoms with van der Waals surface area (Å²) in [4.78, 5) is 4.75. The van der Waals surface area contributed by atoms with Crippen LogP contribution in [0.3, 0.4) is 0 Å². The zero-order chi connectivity index (χ0) is 13.7. The molecule has 0 spiro atoms. The molecule has 1 N–H and O–H groups in total. The number of para-hydroxylation sites is 1. The fraction of sp³-hybridized carbons (Fsp3) is 0.214. The average Bonchev–Trinajstić information content (AvgIpc) is 2.39. The Hall–Kier alpha value is -1.62. The zero-order valence-electron chi connectivity index (χ0n) is 10.4. The number of pyridine rings is 1. The molecule has 0 fully saturated rings. The van der Waals surface area contributed by atoms with Crippen molar-refractivity contribution in [1.82, 2.24) is 4.98 Å². The van der Waals surface area contributed by atoms with Crippen LogP contribution < -0.4 is 5.32 Å². The van der Waals surface area contributed by atoms with E-state index in [2.05, 4.69) is 10.3 Å². The van der Waals surface area contributed by atoms with E-state index < -0.39 is 5.76 Å². The summed E-state index contributed by atoms with van der Waals surface area (Å²) in [6, 6.07) is 11.0. The van der Waals surface area contributed by atoms with Gasteiger partial charge >= 0.3 is 0 Å². The Kier molecular flexibility index (Phi) is 4.74. The van der Waals surface area contributed by atoms with E-state index in [4.69, 9.17) is 0 Å². The van der Waals surface area contributed by atoms with Crippen molar-refractivity contribution in [2.75, 3.05) is 5.32 Å². The predicted molar refractivity (Wildman–Crippen MR) is 74.6 cm³/mol. The van der Waals surface area contributed by atoms with Crippen molar-refractivity contribution in [2.45, 2.75) is 24.1 Å². The highest BCUT2D eigenvalue weighted by molar-refractivity contribution is 7.99. The third-order valence-electron chi connectivity index (χ3n) is 2.56. The molecule has 2 aromatic rings. The van der Waals surface area contributed by atoms with Gasteiger partial charge in [0.2, 0.25) is 0 Å². The van der Waals surface area contributed by atoms with Crippen LogP contribution in [0.15, 0.2) is 47.5 Å². The number of anilines is 1. The number of hydrogen-bond acceptors (Lipinski definition) is 3. The molecule has 0 radical (unpaired) electrons. The van der Waals surface area contributed by atoms with E-state index in [0.29, 0.717) is 28.9 Å². The second-order valence-electron chi connectivity index (χ2n) is 4.04. The van der Waals surface area contributed by atoms with E-state index in [1.165, 1.54) is 0 Å². The normalized spacial score (nSPS) is 10.7. The maximum absolute atomic E-state index is 12.4. The van der Waals surface area contributed by atoms with Gasteiger partial charge < -0.3 is 5.32 Å². The van der Waals surface area contributed by atoms with E-state index in [1.54, 1.807) is 24.4 Å². The maximum Gasteiger partial charge on any atom is 0.288 e. The monoisotopic (exact) mass is 280 g/mol. The van der Waals surface area contributed by atoms with Gasteiger partial charge in [0.1, 0.15) is 0 Å². The van der Waals surface area contributed by atoms with Crippen LogP contribution in [0.1, 0.15) is 11.3 Å². The molecule has 0 amide bonds. The number of thioether (sulfide) groups is 1. The zero-order valence-corrected chi connectivity index (χ0v) is 11.3. The van der Waals surface area contributed by atoms with E-state index in [-0.39, 0.29) is 0 Å². The number of nitrogens with zero attached hydrogens (tertiary/aromatic N) is 1. The number of aromatic nitrogens is 1. The Bertz CT molecular complexity index is 529. The van der Waals surface area contributed by atoms with E-state index in [1.807, 2.05) is 25.1 Å². The molecule has 5 heteroatoms. The number of aryl methyl sites for hydroxylation is 1. The van der Waals surface area contributed by atoms with Gasteiger partial charge in [-0.25, -0.2) is 0 Å². The highest BCUT2D eigenvalue weighted by Gasteiger charge is 2.09. The molecule has 2 rings (SSSR count). The highest BCUT2D eigenvalue weighted by Crippen LogP contribution is 2.31. The molecule has 1 aromatic carbocycles. The Balaban J connectivity index is 2.04. The number of nitrogens with one attached hydrogen (secondary N) is 1. The van der Waals surface area contributed by atoms with Crippen molar-refractivity contribution in [2.24, 2.45) is 0 Å². The first kappa shape index (κ1) is 13.8. The van der Waals surface area contributed by atoms with Crippen LogP contribution in [-0.2, 0) is 6.54 Å². The summed E-state index contributed by atoms with van der Waals surface area (Å²) in [5.41, 5.74) is 2.69. The standard InChI is InChI=1S/C14H14F2N2S/c1-10-6-7-11(8-17-10)9-18-12-4-2-3-5-13(12)19-14(15)16/h2-8,14,18H,9H2,1H3. The van der Waals surface area contributed by atoms with Gasteiger partial charge in [0.15, 0.2) is 0 Å². The molecule has 0 atom stereocenters. The largest absolute Gasteiger partial charge is 0.380 e. The third-order valence-corrected chi connectivity index (χ3v) is 3.35. The lowest BCUT2D eigenvalue weighted by atomic mass is 10.2. The Morgan fingerprint density at radius 2 is 2.00 bits per heavy atom. The van der Waals surface area contributed by atoms with E-state index in [0.717, 1.165) is 11.3 Å². The van der Waals surface area contributed by atoms with E-state index in [9.17, 15) is 8.78 Å². The Morgan fingerprint density at radius 1 is 1.21 bits per heavy atom. The molecule has 100 valence electrons. The van der Waals surface area contributed by atoms with Gasteiger partial charge in [0.05, 0.1) is 0 Å². The van der Waals surface area contributed by atoms with Crippen molar-refractivity contribution in [1.29, 1.82) is 0 Å². The van der Waals surface area contributed by atoms with Gasteiger partial charge in [-0.2, -0.15) is 8.78 Å². The molecular formula is C14H14F2N2S. The first-order chi connectivity index (χ1) is 9.15. The fourth-order valence-corrected chi connectivity index (χ4v) is 2.23. The van der Waals surface area contributed by atoms with Crippen LogP contribution in [0.2, 0.25) is 0 Å². The highest BCUT2D eigenvalue weighted by atomic mass is 32.2. The van der Waals surface area contributed by atoms with Crippen LogP contribution in [-0.4, -0.2) is 10.7 Å². The number of benzene rings is 1. The van der Waals surface area contributed by atoms with Crippen molar-refractivity contribution in [3.63, 3.8) is 0 Å². The first-order valence-corrected chi connectivity index (χ1v) is 6.72. The van der Waals surface area contributed by atoms with Crippen molar-refractivity contribution >= 4 is 17.4 Å². The van der Waals surface area contributed by atoms with Gasteiger partial charge in [-0.15, -0.1) is 0 Å². The van der Waals surface area contributed by atoms with Gasteiger partial charge in [0.25, 0.3) is 5.76 Å². The summed E-state index contributed by atoms with van der Waals surface area (Å²) in [5, 5.41) is 3.16. The Morgan fingerprint density at radius 3 is 2.68 bits per heavy atom. The van der Waals surface area contributed by atoms with Crippen LogP contribution in [0, 0.1) is 6.92 Å². The summed E-state index contributed by atoms with van der Waals surface area (Å²) >= 11 is 0.551. The molecule has 1 heterocycles. The lowest BCUT2D eigenvalue weighted by molar-refractivity contribution is 0.252. The first-order valence-electron chi connectivity index (χ1n) is 5.84. The van der Waals surface area contributed by atoms with Crippen LogP contribution >= 0.6 is 11.8 Å². The third kappa shape index (κ3) is 4.21. The Labute approximate surface area is 115 Å². The lowest BCUT2D eigenvalue weighted by Gasteiger charge is -2.11. The van der Waals surface area contributed by atoms with Crippen molar-refractivity contribution in [3.05, 3.63) is 53.9 Å². The summed E-state index contributed by atoms with van der Waals surface area (Å²) in [6.07, 6.45) is 1.78. The number of rotatable bonds is 5. The maximum atomic E-state index is 12.4. The molecule has 2 nitrogen and oxygen atoms in total. The number of alkyl halides is 2. The summed E-state index contributed by atoms with van der Waals surface area (Å²) in [6.45, 7) is 2.49. The smallest absolute Gasteiger partial charge is 0.288 e. The van der Waals surface area contributed by atoms with Gasteiger partial charge in [-0.05, 0) is 30.7 Å². The second kappa shape index (κ2) is 6.52. The number of halogens is 2. The van der Waals surface area contributed by atoms with Crippen molar-refractivity contribution < 1.29 is 8.78 Å². The molecule has 0 unspecified atom stereocenters. The topological polar surface area (TPSA) is 24.9 Å². The summed E-state index contributed by atoms with van der Waals surface area (Å²) in [7, 11) is 0. The average molecular weight is 280 g/mol. The molecule has 0 aliphatic heterocycles. The summed E-state index contributed by atoms with van der Waals surface area (Å²) < 4.78 is 24.9. The predicted octanol–water partition coefficient (Wildman–Crippen LogP) is 4.32. The van der Waals surface area contributed by atoms with E-state index >= 15 is 0 Å². The molecule has 0 bridgehead atoms. The SMILES string of the molecule is Cc1ccc(CNc2ccccc2SC(F)F)cn1. The van der Waals surface area contributed by atoms with Crippen molar-refractivity contribution in [3.8, 4) is 0 Å². The molecule has 0 saturated heterocycles. The molecule has 19 heavy (non-hydrogen) atoms. The molecule has 0 aliphatic rings. The number of hydrogen-bond donors (Lipinski definition) is 1. The molecule has 1 aromatic heterocycles. The second-order valence-corrected chi connectivity index (χ2v) is 5.07. The fourth-order valence-electron chi connectivity index (χ4n) is 1.61. The molecule has 0 aliphatic carbocycles. The van der Waals surface area contributed by atoms with Crippen LogP contribution in [0.4, 0.5) is 14.5 Å². The minimum atomic E-state index is -2.41.